The second-order valence-corrected chi connectivity index (χ2v) is 7.55. The van der Waals surface area contributed by atoms with E-state index in [0.717, 1.165) is 35.8 Å². The monoisotopic (exact) mass is 375 g/mol. The standard InChI is InChI=1S/C19H25N3O3S/c1-11-10-20-8-7-14(11)22-18(23)17-12(2)21-19(26-17)13-5-6-15(24-3)16(9-13)25-4/h5-6,9,11,14,20H,7-8,10H2,1-4H3,(H,22,23). The van der Waals surface area contributed by atoms with E-state index in [9.17, 15) is 4.79 Å². The maximum Gasteiger partial charge on any atom is 0.263 e. The van der Waals surface area contributed by atoms with Gasteiger partial charge >= 0.3 is 0 Å². The SMILES string of the molecule is COc1ccc(-c2nc(C)c(C(=O)NC3CCNCC3C)s2)cc1OC. The highest BCUT2D eigenvalue weighted by Gasteiger charge is 2.25. The number of benzene rings is 1. The molecule has 2 heterocycles. The molecule has 0 bridgehead atoms. The minimum Gasteiger partial charge on any atom is -0.493 e. The molecule has 1 aliphatic rings. The van der Waals surface area contributed by atoms with Gasteiger partial charge in [-0.05, 0) is 50.6 Å². The summed E-state index contributed by atoms with van der Waals surface area (Å²) >= 11 is 1.41. The first-order valence-electron chi connectivity index (χ1n) is 8.75. The number of nitrogens with zero attached hydrogens (tertiary/aromatic N) is 1. The molecule has 26 heavy (non-hydrogen) atoms. The van der Waals surface area contributed by atoms with Crippen molar-refractivity contribution in [2.75, 3.05) is 27.3 Å². The maximum absolute atomic E-state index is 12.7. The number of aromatic nitrogens is 1. The third-order valence-corrected chi connectivity index (χ3v) is 5.94. The first-order chi connectivity index (χ1) is 12.5. The Morgan fingerprint density at radius 3 is 2.77 bits per heavy atom. The number of ether oxygens (including phenoxy) is 2. The summed E-state index contributed by atoms with van der Waals surface area (Å²) < 4.78 is 10.6. The number of methoxy groups -OCH3 is 2. The summed E-state index contributed by atoms with van der Waals surface area (Å²) in [4.78, 5) is 18.0. The molecule has 2 unspecified atom stereocenters. The molecule has 0 spiro atoms. The van der Waals surface area contributed by atoms with Gasteiger partial charge in [0.1, 0.15) is 9.88 Å². The van der Waals surface area contributed by atoms with Gasteiger partial charge in [-0.25, -0.2) is 4.98 Å². The minimum atomic E-state index is -0.0366. The highest BCUT2D eigenvalue weighted by molar-refractivity contribution is 7.17. The van der Waals surface area contributed by atoms with Gasteiger partial charge < -0.3 is 20.1 Å². The number of carbonyl (C=O) groups excluding carboxylic acids is 1. The molecular formula is C19H25N3O3S. The van der Waals surface area contributed by atoms with Crippen molar-refractivity contribution in [3.8, 4) is 22.1 Å². The first-order valence-corrected chi connectivity index (χ1v) is 9.56. The van der Waals surface area contributed by atoms with Crippen molar-refractivity contribution >= 4 is 17.2 Å². The molecule has 0 saturated carbocycles. The molecule has 1 aromatic heterocycles. The second-order valence-electron chi connectivity index (χ2n) is 6.55. The molecule has 2 N–H and O–H groups in total. The quantitative estimate of drug-likeness (QED) is 0.841. The summed E-state index contributed by atoms with van der Waals surface area (Å²) in [5.41, 5.74) is 1.66. The van der Waals surface area contributed by atoms with Crippen LogP contribution in [0, 0.1) is 12.8 Å². The molecular weight excluding hydrogens is 350 g/mol. The Bertz CT molecular complexity index is 790. The molecule has 1 fully saturated rings. The lowest BCUT2D eigenvalue weighted by atomic mass is 9.95. The van der Waals surface area contributed by atoms with Crippen molar-refractivity contribution in [1.82, 2.24) is 15.6 Å². The third-order valence-electron chi connectivity index (χ3n) is 4.74. The van der Waals surface area contributed by atoms with Crippen LogP contribution in [0.15, 0.2) is 18.2 Å². The zero-order chi connectivity index (χ0) is 18.7. The number of carbonyl (C=O) groups is 1. The van der Waals surface area contributed by atoms with Crippen LogP contribution in [0.3, 0.4) is 0 Å². The van der Waals surface area contributed by atoms with Gasteiger partial charge in [-0.1, -0.05) is 6.92 Å². The van der Waals surface area contributed by atoms with E-state index < -0.39 is 0 Å². The van der Waals surface area contributed by atoms with Gasteiger partial charge in [0.25, 0.3) is 5.91 Å². The average Bonchev–Trinajstić information content (AvgIpc) is 3.04. The predicted octanol–water partition coefficient (Wildman–Crippen LogP) is 2.86. The lowest BCUT2D eigenvalue weighted by Crippen LogP contribution is -2.48. The van der Waals surface area contributed by atoms with Gasteiger partial charge in [-0.3, -0.25) is 4.79 Å². The minimum absolute atomic E-state index is 0.0366. The number of piperidine rings is 1. The lowest BCUT2D eigenvalue weighted by molar-refractivity contribution is 0.0917. The van der Waals surface area contributed by atoms with Gasteiger partial charge in [0.05, 0.1) is 19.9 Å². The fraction of sp³-hybridized carbons (Fsp3) is 0.474. The Balaban J connectivity index is 1.81. The van der Waals surface area contributed by atoms with Crippen molar-refractivity contribution < 1.29 is 14.3 Å². The van der Waals surface area contributed by atoms with Gasteiger partial charge in [0.2, 0.25) is 0 Å². The van der Waals surface area contributed by atoms with E-state index in [1.807, 2.05) is 25.1 Å². The lowest BCUT2D eigenvalue weighted by Gasteiger charge is -2.30. The molecule has 1 aliphatic heterocycles. The summed E-state index contributed by atoms with van der Waals surface area (Å²) in [5, 5.41) is 7.33. The van der Waals surface area contributed by atoms with E-state index in [-0.39, 0.29) is 11.9 Å². The molecule has 2 atom stereocenters. The van der Waals surface area contributed by atoms with Crippen LogP contribution in [0.4, 0.5) is 0 Å². The van der Waals surface area contributed by atoms with Crippen LogP contribution in [-0.2, 0) is 0 Å². The number of thiazole rings is 1. The number of rotatable bonds is 5. The van der Waals surface area contributed by atoms with Crippen LogP contribution in [0.2, 0.25) is 0 Å². The van der Waals surface area contributed by atoms with Crippen LogP contribution >= 0.6 is 11.3 Å². The van der Waals surface area contributed by atoms with Crippen LogP contribution in [0.25, 0.3) is 10.6 Å². The summed E-state index contributed by atoms with van der Waals surface area (Å²) in [7, 11) is 3.21. The van der Waals surface area contributed by atoms with Crippen LogP contribution in [0.5, 0.6) is 11.5 Å². The molecule has 3 rings (SSSR count). The van der Waals surface area contributed by atoms with E-state index in [1.54, 1.807) is 14.2 Å². The normalized spacial score (nSPS) is 19.8. The van der Waals surface area contributed by atoms with Gasteiger partial charge in [0, 0.05) is 11.6 Å². The summed E-state index contributed by atoms with van der Waals surface area (Å²) in [6.07, 6.45) is 0.952. The van der Waals surface area contributed by atoms with E-state index in [1.165, 1.54) is 11.3 Å². The largest absolute Gasteiger partial charge is 0.493 e. The number of hydrogen-bond acceptors (Lipinski definition) is 6. The first kappa shape index (κ1) is 18.7. The average molecular weight is 375 g/mol. The highest BCUT2D eigenvalue weighted by Crippen LogP contribution is 2.35. The summed E-state index contributed by atoms with van der Waals surface area (Å²) in [6, 6.07) is 5.86. The van der Waals surface area contributed by atoms with Gasteiger partial charge in [-0.2, -0.15) is 0 Å². The fourth-order valence-electron chi connectivity index (χ4n) is 3.16. The van der Waals surface area contributed by atoms with Crippen molar-refractivity contribution in [1.29, 1.82) is 0 Å². The Kier molecular flexibility index (Phi) is 5.78. The van der Waals surface area contributed by atoms with E-state index in [0.29, 0.717) is 22.3 Å². The van der Waals surface area contributed by atoms with E-state index >= 15 is 0 Å². The molecule has 1 amide bonds. The summed E-state index contributed by atoms with van der Waals surface area (Å²) in [5.74, 6) is 1.70. The van der Waals surface area contributed by atoms with Gasteiger partial charge in [0.15, 0.2) is 11.5 Å². The van der Waals surface area contributed by atoms with Crippen LogP contribution in [0.1, 0.15) is 28.7 Å². The van der Waals surface area contributed by atoms with Gasteiger partial charge in [-0.15, -0.1) is 11.3 Å². The zero-order valence-electron chi connectivity index (χ0n) is 15.6. The molecule has 0 radical (unpaired) electrons. The molecule has 1 saturated heterocycles. The Morgan fingerprint density at radius 1 is 1.31 bits per heavy atom. The molecule has 140 valence electrons. The number of hydrogen-bond donors (Lipinski definition) is 2. The highest BCUT2D eigenvalue weighted by atomic mass is 32.1. The smallest absolute Gasteiger partial charge is 0.263 e. The third kappa shape index (κ3) is 3.83. The Morgan fingerprint density at radius 2 is 2.08 bits per heavy atom. The molecule has 1 aromatic carbocycles. The van der Waals surface area contributed by atoms with Crippen molar-refractivity contribution in [2.24, 2.45) is 5.92 Å². The Labute approximate surface area is 157 Å². The van der Waals surface area contributed by atoms with Crippen LogP contribution < -0.4 is 20.1 Å². The molecule has 7 heteroatoms. The number of amides is 1. The zero-order valence-corrected chi connectivity index (χ0v) is 16.4. The number of aryl methyl sites for hydroxylation is 1. The Hall–Kier alpha value is -2.12. The topological polar surface area (TPSA) is 72.5 Å². The summed E-state index contributed by atoms with van der Waals surface area (Å²) in [6.45, 7) is 5.91. The van der Waals surface area contributed by atoms with Crippen molar-refractivity contribution in [3.63, 3.8) is 0 Å². The van der Waals surface area contributed by atoms with Crippen molar-refractivity contribution in [2.45, 2.75) is 26.3 Å². The molecule has 2 aromatic rings. The second kappa shape index (κ2) is 8.05. The van der Waals surface area contributed by atoms with Crippen LogP contribution in [-0.4, -0.2) is 44.2 Å². The molecule has 0 aliphatic carbocycles. The predicted molar refractivity (Wildman–Crippen MR) is 103 cm³/mol. The maximum atomic E-state index is 12.7. The fourth-order valence-corrected chi connectivity index (χ4v) is 4.13. The van der Waals surface area contributed by atoms with Crippen molar-refractivity contribution in [3.05, 3.63) is 28.8 Å². The van der Waals surface area contributed by atoms with E-state index in [2.05, 4.69) is 22.5 Å². The van der Waals surface area contributed by atoms with E-state index in [4.69, 9.17) is 9.47 Å². The molecule has 6 nitrogen and oxygen atoms in total. The number of nitrogens with one attached hydrogen (secondary N) is 2.